The molecule has 0 unspecified atom stereocenters. The van der Waals surface area contributed by atoms with Crippen LogP contribution in [-0.2, 0) is 9.53 Å². The Morgan fingerprint density at radius 2 is 1.48 bits per heavy atom. The Balaban J connectivity index is 1.55. The molecule has 2 amide bonds. The lowest BCUT2D eigenvalue weighted by Gasteiger charge is -2.31. The Morgan fingerprint density at radius 3 is 2.06 bits per heavy atom. The molecule has 0 spiro atoms. The summed E-state index contributed by atoms with van der Waals surface area (Å²) in [7, 11) is 4.39. The minimum absolute atomic E-state index is 0.0935. The molecule has 2 aromatic rings. The number of nitrogens with zero attached hydrogens (tertiary/aromatic N) is 1. The number of likely N-dealkylation sites (tertiary alicyclic amines) is 1. The number of esters is 1. The molecule has 1 aliphatic heterocycles. The Kier molecular flexibility index (Phi) is 7.12. The van der Waals surface area contributed by atoms with E-state index in [1.807, 2.05) is 0 Å². The van der Waals surface area contributed by atoms with Gasteiger partial charge < -0.3 is 24.4 Å². The summed E-state index contributed by atoms with van der Waals surface area (Å²) in [5.74, 6) is 0.260. The molecule has 0 atom stereocenters. The average Bonchev–Trinajstić information content (AvgIpc) is 2.83. The summed E-state index contributed by atoms with van der Waals surface area (Å²) in [6, 6.07) is 11.6. The van der Waals surface area contributed by atoms with E-state index in [0.29, 0.717) is 54.2 Å². The van der Waals surface area contributed by atoms with E-state index in [2.05, 4.69) is 10.1 Å². The second-order valence-corrected chi connectivity index (χ2v) is 7.19. The van der Waals surface area contributed by atoms with Gasteiger partial charge in [-0.1, -0.05) is 0 Å². The first-order chi connectivity index (χ1) is 15.0. The van der Waals surface area contributed by atoms with E-state index in [1.54, 1.807) is 54.5 Å². The van der Waals surface area contributed by atoms with Gasteiger partial charge in [-0.2, -0.15) is 0 Å². The molecule has 8 nitrogen and oxygen atoms in total. The van der Waals surface area contributed by atoms with E-state index in [4.69, 9.17) is 9.47 Å². The summed E-state index contributed by atoms with van der Waals surface area (Å²) < 4.78 is 15.2. The van der Waals surface area contributed by atoms with Crippen molar-refractivity contribution in [2.24, 2.45) is 5.92 Å². The van der Waals surface area contributed by atoms with Gasteiger partial charge in [0.25, 0.3) is 5.91 Å². The predicted octanol–water partition coefficient (Wildman–Crippen LogP) is 2.98. The van der Waals surface area contributed by atoms with E-state index >= 15 is 0 Å². The fourth-order valence-electron chi connectivity index (χ4n) is 3.55. The molecule has 0 aliphatic carbocycles. The van der Waals surface area contributed by atoms with Crippen molar-refractivity contribution < 1.29 is 28.6 Å². The van der Waals surface area contributed by atoms with E-state index < -0.39 is 5.97 Å². The summed E-state index contributed by atoms with van der Waals surface area (Å²) >= 11 is 0. The molecule has 1 heterocycles. The van der Waals surface area contributed by atoms with Gasteiger partial charge in [0.05, 0.1) is 26.9 Å². The number of piperidine rings is 1. The Bertz CT molecular complexity index is 949. The van der Waals surface area contributed by atoms with Gasteiger partial charge in [-0.25, -0.2) is 4.79 Å². The molecule has 1 fully saturated rings. The van der Waals surface area contributed by atoms with Crippen molar-refractivity contribution in [3.63, 3.8) is 0 Å². The Hall–Kier alpha value is -3.55. The molecule has 1 N–H and O–H groups in total. The third kappa shape index (κ3) is 5.14. The summed E-state index contributed by atoms with van der Waals surface area (Å²) in [5.41, 5.74) is 1.55. The highest BCUT2D eigenvalue weighted by Gasteiger charge is 2.28. The van der Waals surface area contributed by atoms with Crippen LogP contribution in [-0.4, -0.2) is 57.1 Å². The summed E-state index contributed by atoms with van der Waals surface area (Å²) in [6.45, 7) is 0.985. The molecule has 31 heavy (non-hydrogen) atoms. The van der Waals surface area contributed by atoms with Crippen LogP contribution < -0.4 is 14.8 Å². The molecule has 0 radical (unpaired) electrons. The largest absolute Gasteiger partial charge is 0.493 e. The number of carbonyl (C=O) groups excluding carboxylic acids is 3. The Morgan fingerprint density at radius 1 is 0.871 bits per heavy atom. The number of hydrogen-bond donors (Lipinski definition) is 1. The van der Waals surface area contributed by atoms with Gasteiger partial charge in [-0.3, -0.25) is 9.59 Å². The number of hydrogen-bond acceptors (Lipinski definition) is 6. The van der Waals surface area contributed by atoms with E-state index in [-0.39, 0.29) is 17.7 Å². The quantitative estimate of drug-likeness (QED) is 0.714. The van der Waals surface area contributed by atoms with Crippen LogP contribution in [0.25, 0.3) is 0 Å². The van der Waals surface area contributed by atoms with E-state index in [9.17, 15) is 14.4 Å². The van der Waals surface area contributed by atoms with Crippen LogP contribution in [0.3, 0.4) is 0 Å². The molecule has 3 rings (SSSR count). The molecular formula is C23H26N2O6. The first kappa shape index (κ1) is 22.1. The molecular weight excluding hydrogens is 400 g/mol. The van der Waals surface area contributed by atoms with Crippen molar-refractivity contribution in [3.05, 3.63) is 53.6 Å². The minimum atomic E-state index is -0.426. The maximum absolute atomic E-state index is 12.8. The van der Waals surface area contributed by atoms with Crippen molar-refractivity contribution in [1.29, 1.82) is 0 Å². The topological polar surface area (TPSA) is 94.2 Å². The maximum Gasteiger partial charge on any atom is 0.337 e. The van der Waals surface area contributed by atoms with Crippen LogP contribution >= 0.6 is 0 Å². The number of benzene rings is 2. The number of amides is 2. The third-order valence-corrected chi connectivity index (χ3v) is 5.36. The molecule has 0 bridgehead atoms. The second kappa shape index (κ2) is 9.97. The number of methoxy groups -OCH3 is 3. The van der Waals surface area contributed by atoms with Crippen molar-refractivity contribution >= 4 is 23.5 Å². The highest BCUT2D eigenvalue weighted by molar-refractivity contribution is 5.96. The molecule has 2 aromatic carbocycles. The zero-order valence-corrected chi connectivity index (χ0v) is 17.8. The van der Waals surface area contributed by atoms with Gasteiger partial charge in [0.1, 0.15) is 0 Å². The summed E-state index contributed by atoms with van der Waals surface area (Å²) in [6.07, 6.45) is 1.15. The first-order valence-electron chi connectivity index (χ1n) is 9.97. The van der Waals surface area contributed by atoms with Gasteiger partial charge in [-0.15, -0.1) is 0 Å². The number of ether oxygens (including phenoxy) is 3. The molecule has 164 valence electrons. The third-order valence-electron chi connectivity index (χ3n) is 5.36. The first-order valence-corrected chi connectivity index (χ1v) is 9.97. The second-order valence-electron chi connectivity index (χ2n) is 7.19. The van der Waals surface area contributed by atoms with Crippen molar-refractivity contribution in [2.45, 2.75) is 12.8 Å². The summed E-state index contributed by atoms with van der Waals surface area (Å²) in [4.78, 5) is 38.7. The van der Waals surface area contributed by atoms with Crippen LogP contribution in [0, 0.1) is 5.92 Å². The smallest absolute Gasteiger partial charge is 0.337 e. The van der Waals surface area contributed by atoms with Gasteiger partial charge >= 0.3 is 5.97 Å². The van der Waals surface area contributed by atoms with E-state index in [1.165, 1.54) is 14.2 Å². The number of rotatable bonds is 6. The van der Waals surface area contributed by atoms with Crippen LogP contribution in [0.5, 0.6) is 11.5 Å². The van der Waals surface area contributed by atoms with Crippen LogP contribution in [0.1, 0.15) is 33.6 Å². The number of anilines is 1. The maximum atomic E-state index is 12.8. The van der Waals surface area contributed by atoms with E-state index in [0.717, 1.165) is 0 Å². The highest BCUT2D eigenvalue weighted by atomic mass is 16.5. The Labute approximate surface area is 181 Å². The minimum Gasteiger partial charge on any atom is -0.493 e. The lowest BCUT2D eigenvalue weighted by atomic mass is 9.95. The summed E-state index contributed by atoms with van der Waals surface area (Å²) in [5, 5.41) is 2.87. The molecule has 1 aliphatic rings. The molecule has 0 aromatic heterocycles. The lowest BCUT2D eigenvalue weighted by Crippen LogP contribution is -2.41. The molecule has 8 heteroatoms. The molecule has 1 saturated heterocycles. The van der Waals surface area contributed by atoms with Gasteiger partial charge in [0.2, 0.25) is 5.91 Å². The fraction of sp³-hybridized carbons (Fsp3) is 0.348. The van der Waals surface area contributed by atoms with Gasteiger partial charge in [0, 0.05) is 30.3 Å². The predicted molar refractivity (Wildman–Crippen MR) is 115 cm³/mol. The average molecular weight is 426 g/mol. The number of nitrogens with one attached hydrogen (secondary N) is 1. The number of carbonyl (C=O) groups is 3. The van der Waals surface area contributed by atoms with Gasteiger partial charge in [0.15, 0.2) is 11.5 Å². The SMILES string of the molecule is COC(=O)c1ccc(NC(=O)C2CCN(C(=O)c3ccc(OC)c(OC)c3)CC2)cc1. The van der Waals surface area contributed by atoms with Gasteiger partial charge in [-0.05, 0) is 55.3 Å². The fourth-order valence-corrected chi connectivity index (χ4v) is 3.55. The van der Waals surface area contributed by atoms with Crippen LogP contribution in [0.2, 0.25) is 0 Å². The van der Waals surface area contributed by atoms with Crippen LogP contribution in [0.4, 0.5) is 5.69 Å². The highest BCUT2D eigenvalue weighted by Crippen LogP contribution is 2.29. The van der Waals surface area contributed by atoms with Crippen molar-refractivity contribution in [1.82, 2.24) is 4.90 Å². The zero-order valence-electron chi connectivity index (χ0n) is 17.8. The van der Waals surface area contributed by atoms with Crippen molar-refractivity contribution in [3.8, 4) is 11.5 Å². The molecule has 0 saturated carbocycles. The zero-order chi connectivity index (χ0) is 22.4. The monoisotopic (exact) mass is 426 g/mol. The normalized spacial score (nSPS) is 14.0. The van der Waals surface area contributed by atoms with Crippen molar-refractivity contribution in [2.75, 3.05) is 39.7 Å². The van der Waals surface area contributed by atoms with Crippen LogP contribution in [0.15, 0.2) is 42.5 Å². The standard InChI is InChI=1S/C23H26N2O6/c1-29-19-9-6-17(14-20(19)30-2)22(27)25-12-10-15(11-13-25)21(26)24-18-7-4-16(5-8-18)23(28)31-3/h4-9,14-15H,10-13H2,1-3H3,(H,24,26). The lowest BCUT2D eigenvalue weighted by molar-refractivity contribution is -0.121.